The van der Waals surface area contributed by atoms with E-state index < -0.39 is 0 Å². The molecular weight excluding hydrogens is 286 g/mol. The quantitative estimate of drug-likeness (QED) is 0.731. The summed E-state index contributed by atoms with van der Waals surface area (Å²) < 4.78 is 5.41. The molecule has 1 aliphatic rings. The number of hydrogen-bond donors (Lipinski definition) is 0. The first kappa shape index (κ1) is 15.4. The molecule has 1 fully saturated rings. The Hall–Kier alpha value is -2.46. The zero-order chi connectivity index (χ0) is 14.8. The highest BCUT2D eigenvalue weighted by molar-refractivity contribution is 5.55. The van der Waals surface area contributed by atoms with Gasteiger partial charge < -0.3 is 4.52 Å². The summed E-state index contributed by atoms with van der Waals surface area (Å²) in [6.45, 7) is 3.01. The molecular formula is C19H21N3O. The Balaban J connectivity index is 0.00000156. The van der Waals surface area contributed by atoms with E-state index in [-0.39, 0.29) is 7.43 Å². The minimum absolute atomic E-state index is 0. The fourth-order valence-corrected chi connectivity index (χ4v) is 2.89. The average Bonchev–Trinajstić information content (AvgIpc) is 3.01. The maximum absolute atomic E-state index is 5.41. The monoisotopic (exact) mass is 307 g/mol. The Morgan fingerprint density at radius 2 is 1.91 bits per heavy atom. The van der Waals surface area contributed by atoms with E-state index in [2.05, 4.69) is 45.4 Å². The van der Waals surface area contributed by atoms with Gasteiger partial charge in [-0.1, -0.05) is 42.9 Å². The molecule has 23 heavy (non-hydrogen) atoms. The first-order valence-electron chi connectivity index (χ1n) is 7.52. The van der Waals surface area contributed by atoms with Crippen molar-refractivity contribution >= 4 is 0 Å². The van der Waals surface area contributed by atoms with Crippen LogP contribution in [0.15, 0.2) is 65.4 Å². The lowest BCUT2D eigenvalue weighted by molar-refractivity contribution is 0.136. The number of nitrogens with zero attached hydrogens (tertiary/aromatic N) is 3. The smallest absolute Gasteiger partial charge is 0.168 e. The number of pyridine rings is 1. The minimum Gasteiger partial charge on any atom is -0.356 e. The van der Waals surface area contributed by atoms with Crippen LogP contribution in [0.4, 0.5) is 0 Å². The molecule has 0 atom stereocenters. The van der Waals surface area contributed by atoms with E-state index in [4.69, 9.17) is 4.52 Å². The molecule has 4 heteroatoms. The van der Waals surface area contributed by atoms with Gasteiger partial charge in [0.2, 0.25) is 0 Å². The lowest BCUT2D eigenvalue weighted by atomic mass is 9.91. The second-order valence-corrected chi connectivity index (χ2v) is 5.73. The molecule has 118 valence electrons. The van der Waals surface area contributed by atoms with Gasteiger partial charge in [-0.25, -0.2) is 0 Å². The van der Waals surface area contributed by atoms with Crippen LogP contribution in [0.2, 0.25) is 0 Å². The van der Waals surface area contributed by atoms with Crippen molar-refractivity contribution in [2.45, 2.75) is 19.9 Å². The highest BCUT2D eigenvalue weighted by Gasteiger charge is 2.28. The lowest BCUT2D eigenvalue weighted by Gasteiger charge is -2.39. The zero-order valence-corrected chi connectivity index (χ0v) is 12.2. The zero-order valence-electron chi connectivity index (χ0n) is 12.2. The van der Waals surface area contributed by atoms with Crippen molar-refractivity contribution < 1.29 is 4.52 Å². The van der Waals surface area contributed by atoms with Gasteiger partial charge in [0.15, 0.2) is 5.76 Å². The number of benzene rings is 1. The van der Waals surface area contributed by atoms with Crippen molar-refractivity contribution in [1.29, 1.82) is 0 Å². The minimum atomic E-state index is 0. The second kappa shape index (κ2) is 6.75. The fraction of sp³-hybridized carbons (Fsp3) is 0.263. The predicted octanol–water partition coefficient (Wildman–Crippen LogP) is 3.97. The van der Waals surface area contributed by atoms with Crippen LogP contribution in [0.1, 0.15) is 24.6 Å². The van der Waals surface area contributed by atoms with Crippen molar-refractivity contribution in [2.24, 2.45) is 0 Å². The fourth-order valence-electron chi connectivity index (χ4n) is 2.89. The van der Waals surface area contributed by atoms with E-state index in [1.54, 1.807) is 12.4 Å². The van der Waals surface area contributed by atoms with E-state index in [0.717, 1.165) is 36.7 Å². The Morgan fingerprint density at radius 1 is 1.09 bits per heavy atom. The molecule has 0 saturated carbocycles. The Kier molecular flexibility index (Phi) is 4.53. The molecule has 3 aromatic rings. The standard InChI is InChI=1S/C18H17N3O.CH4/c1-2-5-14(6-3-1)16-11-21(12-16)13-17-9-18(22-20-17)15-7-4-8-19-10-15;/h1-10,16H,11-13H2;1H4. The van der Waals surface area contributed by atoms with E-state index in [9.17, 15) is 0 Å². The van der Waals surface area contributed by atoms with Gasteiger partial charge in [0.05, 0.1) is 5.69 Å². The number of rotatable bonds is 4. The van der Waals surface area contributed by atoms with Crippen LogP contribution in [-0.4, -0.2) is 28.1 Å². The van der Waals surface area contributed by atoms with Gasteiger partial charge in [0.25, 0.3) is 0 Å². The summed E-state index contributed by atoms with van der Waals surface area (Å²) in [7, 11) is 0. The molecule has 0 N–H and O–H groups in total. The summed E-state index contributed by atoms with van der Waals surface area (Å²) in [6.07, 6.45) is 3.55. The van der Waals surface area contributed by atoms with Crippen molar-refractivity contribution in [2.75, 3.05) is 13.1 Å². The van der Waals surface area contributed by atoms with Gasteiger partial charge in [0, 0.05) is 49.6 Å². The average molecular weight is 307 g/mol. The summed E-state index contributed by atoms with van der Waals surface area (Å²) >= 11 is 0. The molecule has 2 aromatic heterocycles. The predicted molar refractivity (Wildman–Crippen MR) is 90.9 cm³/mol. The van der Waals surface area contributed by atoms with Crippen LogP contribution < -0.4 is 0 Å². The third kappa shape index (κ3) is 3.32. The molecule has 1 aliphatic heterocycles. The second-order valence-electron chi connectivity index (χ2n) is 5.73. The van der Waals surface area contributed by atoms with Crippen LogP contribution in [0.5, 0.6) is 0 Å². The van der Waals surface area contributed by atoms with Gasteiger partial charge in [-0.05, 0) is 17.7 Å². The lowest BCUT2D eigenvalue weighted by Crippen LogP contribution is -2.44. The number of hydrogen-bond acceptors (Lipinski definition) is 4. The van der Waals surface area contributed by atoms with Gasteiger partial charge in [-0.2, -0.15) is 0 Å². The van der Waals surface area contributed by atoms with Gasteiger partial charge in [-0.3, -0.25) is 9.88 Å². The molecule has 0 radical (unpaired) electrons. The van der Waals surface area contributed by atoms with E-state index >= 15 is 0 Å². The normalized spacial score (nSPS) is 15.0. The number of likely N-dealkylation sites (tertiary alicyclic amines) is 1. The van der Waals surface area contributed by atoms with Crippen molar-refractivity contribution in [3.8, 4) is 11.3 Å². The highest BCUT2D eigenvalue weighted by Crippen LogP contribution is 2.28. The number of aromatic nitrogens is 2. The van der Waals surface area contributed by atoms with Crippen LogP contribution in [0.25, 0.3) is 11.3 Å². The Bertz CT molecular complexity index is 734. The molecule has 0 amide bonds. The van der Waals surface area contributed by atoms with Gasteiger partial charge in [-0.15, -0.1) is 0 Å². The van der Waals surface area contributed by atoms with Crippen molar-refractivity contribution in [3.05, 3.63) is 72.2 Å². The molecule has 1 aromatic carbocycles. The summed E-state index contributed by atoms with van der Waals surface area (Å²) in [5, 5.41) is 4.17. The van der Waals surface area contributed by atoms with Gasteiger partial charge in [0.1, 0.15) is 0 Å². The summed E-state index contributed by atoms with van der Waals surface area (Å²) in [5.41, 5.74) is 3.37. The van der Waals surface area contributed by atoms with Crippen LogP contribution >= 0.6 is 0 Å². The Labute approximate surface area is 136 Å². The third-order valence-electron chi connectivity index (χ3n) is 4.12. The largest absolute Gasteiger partial charge is 0.356 e. The molecule has 0 aliphatic carbocycles. The molecule has 0 spiro atoms. The summed E-state index contributed by atoms with van der Waals surface area (Å²) in [6, 6.07) is 16.6. The maximum atomic E-state index is 5.41. The first-order valence-corrected chi connectivity index (χ1v) is 7.52. The third-order valence-corrected chi connectivity index (χ3v) is 4.12. The van der Waals surface area contributed by atoms with E-state index in [1.807, 2.05) is 18.2 Å². The Morgan fingerprint density at radius 3 is 2.65 bits per heavy atom. The molecule has 4 nitrogen and oxygen atoms in total. The summed E-state index contributed by atoms with van der Waals surface area (Å²) in [5.74, 6) is 1.43. The molecule has 1 saturated heterocycles. The summed E-state index contributed by atoms with van der Waals surface area (Å²) in [4.78, 5) is 6.50. The topological polar surface area (TPSA) is 42.2 Å². The highest BCUT2D eigenvalue weighted by atomic mass is 16.5. The van der Waals surface area contributed by atoms with Gasteiger partial charge >= 0.3 is 0 Å². The van der Waals surface area contributed by atoms with Crippen LogP contribution in [0.3, 0.4) is 0 Å². The maximum Gasteiger partial charge on any atom is 0.168 e. The first-order chi connectivity index (χ1) is 10.9. The van der Waals surface area contributed by atoms with Crippen LogP contribution in [0, 0.1) is 0 Å². The van der Waals surface area contributed by atoms with Crippen molar-refractivity contribution in [1.82, 2.24) is 15.0 Å². The molecule has 4 rings (SSSR count). The molecule has 3 heterocycles. The SMILES string of the molecule is C.c1ccc(C2CN(Cc3cc(-c4cccnc4)on3)C2)cc1. The van der Waals surface area contributed by atoms with Crippen LogP contribution in [-0.2, 0) is 6.54 Å². The van der Waals surface area contributed by atoms with E-state index in [1.165, 1.54) is 5.56 Å². The molecule has 0 bridgehead atoms. The molecule has 0 unspecified atom stereocenters. The van der Waals surface area contributed by atoms with E-state index in [0.29, 0.717) is 5.92 Å². The van der Waals surface area contributed by atoms with Crippen molar-refractivity contribution in [3.63, 3.8) is 0 Å².